The summed E-state index contributed by atoms with van der Waals surface area (Å²) in [5.41, 5.74) is 3.36. The molecule has 8 nitrogen and oxygen atoms in total. The third kappa shape index (κ3) is 6.69. The molecule has 0 saturated heterocycles. The van der Waals surface area contributed by atoms with Crippen molar-refractivity contribution in [3.05, 3.63) is 77.4 Å². The van der Waals surface area contributed by atoms with Gasteiger partial charge in [0.1, 0.15) is 17.9 Å². The summed E-state index contributed by atoms with van der Waals surface area (Å²) in [4.78, 5) is 24.9. The summed E-state index contributed by atoms with van der Waals surface area (Å²) < 4.78 is 21.3. The van der Waals surface area contributed by atoms with Crippen LogP contribution in [0.5, 0.6) is 17.2 Å². The van der Waals surface area contributed by atoms with Gasteiger partial charge in [0.2, 0.25) is 0 Å². The van der Waals surface area contributed by atoms with Crippen LogP contribution in [-0.2, 0) is 16.8 Å². The van der Waals surface area contributed by atoms with Gasteiger partial charge in [0.15, 0.2) is 11.5 Å². The van der Waals surface area contributed by atoms with Crippen LogP contribution in [0.25, 0.3) is 0 Å². The lowest BCUT2D eigenvalue weighted by Crippen LogP contribution is -2.20. The maximum atomic E-state index is 12.5. The number of carbonyl (C=O) groups excluding carboxylic acids is 2. The van der Waals surface area contributed by atoms with Crippen molar-refractivity contribution >= 4 is 23.4 Å². The molecule has 36 heavy (non-hydrogen) atoms. The largest absolute Gasteiger partial charge is 0.493 e. The van der Waals surface area contributed by atoms with E-state index in [2.05, 4.69) is 43.5 Å². The molecule has 0 atom stereocenters. The third-order valence-corrected chi connectivity index (χ3v) is 5.50. The van der Waals surface area contributed by atoms with E-state index in [9.17, 15) is 9.59 Å². The minimum Gasteiger partial charge on any atom is -0.493 e. The van der Waals surface area contributed by atoms with Gasteiger partial charge in [-0.25, -0.2) is 9.59 Å². The Kier molecular flexibility index (Phi) is 8.42. The first-order valence-corrected chi connectivity index (χ1v) is 11.4. The van der Waals surface area contributed by atoms with Gasteiger partial charge >= 0.3 is 12.0 Å². The molecule has 8 heteroatoms. The number of urea groups is 1. The highest BCUT2D eigenvalue weighted by molar-refractivity contribution is 6.01. The first kappa shape index (κ1) is 26.4. The zero-order valence-corrected chi connectivity index (χ0v) is 21.4. The molecule has 0 spiro atoms. The van der Waals surface area contributed by atoms with Crippen molar-refractivity contribution in [1.82, 2.24) is 0 Å². The van der Waals surface area contributed by atoms with E-state index >= 15 is 0 Å². The minimum absolute atomic E-state index is 0.0615. The number of esters is 1. The van der Waals surface area contributed by atoms with Crippen LogP contribution < -0.4 is 24.8 Å². The molecule has 2 amide bonds. The Hall–Kier alpha value is -4.20. The van der Waals surface area contributed by atoms with E-state index < -0.39 is 12.0 Å². The highest BCUT2D eigenvalue weighted by Crippen LogP contribution is 2.30. The quantitative estimate of drug-likeness (QED) is 0.374. The second-order valence-corrected chi connectivity index (χ2v) is 9.09. The number of methoxy groups -OCH3 is 3. The fraction of sp³-hybridized carbons (Fsp3) is 0.286. The van der Waals surface area contributed by atoms with Crippen molar-refractivity contribution in [3.8, 4) is 17.2 Å². The van der Waals surface area contributed by atoms with E-state index in [4.69, 9.17) is 18.9 Å². The molecule has 0 aliphatic rings. The van der Waals surface area contributed by atoms with Crippen LogP contribution in [0.15, 0.2) is 60.7 Å². The predicted octanol–water partition coefficient (Wildman–Crippen LogP) is 6.01. The van der Waals surface area contributed by atoms with E-state index in [-0.39, 0.29) is 17.6 Å². The Balaban J connectivity index is 1.71. The summed E-state index contributed by atoms with van der Waals surface area (Å²) in [5.74, 6) is 0.814. The van der Waals surface area contributed by atoms with Gasteiger partial charge in [-0.1, -0.05) is 45.0 Å². The Morgan fingerprint density at radius 3 is 1.89 bits per heavy atom. The topological polar surface area (TPSA) is 95.1 Å². The number of amides is 2. The van der Waals surface area contributed by atoms with Crippen molar-refractivity contribution < 1.29 is 28.5 Å². The Morgan fingerprint density at radius 1 is 0.750 bits per heavy atom. The van der Waals surface area contributed by atoms with Crippen molar-refractivity contribution in [2.75, 3.05) is 32.0 Å². The molecular formula is C28H32N2O6. The number of nitrogens with one attached hydrogen (secondary N) is 2. The molecule has 0 fully saturated rings. The molecule has 0 unspecified atom stereocenters. The van der Waals surface area contributed by atoms with E-state index in [1.165, 1.54) is 33.0 Å². The fourth-order valence-electron chi connectivity index (χ4n) is 3.47. The number of benzene rings is 3. The monoisotopic (exact) mass is 492 g/mol. The first-order chi connectivity index (χ1) is 17.1. The average Bonchev–Trinajstić information content (AvgIpc) is 2.86. The molecule has 190 valence electrons. The highest BCUT2D eigenvalue weighted by atomic mass is 16.5. The maximum absolute atomic E-state index is 12.5. The van der Waals surface area contributed by atoms with Crippen LogP contribution in [0, 0.1) is 0 Å². The number of hydrogen-bond donors (Lipinski definition) is 2. The lowest BCUT2D eigenvalue weighted by molar-refractivity contribution is 0.0595. The van der Waals surface area contributed by atoms with Gasteiger partial charge in [0.25, 0.3) is 0 Å². The van der Waals surface area contributed by atoms with Crippen LogP contribution in [-0.4, -0.2) is 33.3 Å². The maximum Gasteiger partial charge on any atom is 0.341 e. The van der Waals surface area contributed by atoms with Crippen molar-refractivity contribution in [2.45, 2.75) is 32.8 Å². The van der Waals surface area contributed by atoms with Crippen LogP contribution in [0.3, 0.4) is 0 Å². The Labute approximate surface area is 211 Å². The molecule has 0 aliphatic carbocycles. The summed E-state index contributed by atoms with van der Waals surface area (Å²) in [6, 6.07) is 17.5. The van der Waals surface area contributed by atoms with Crippen molar-refractivity contribution in [3.63, 3.8) is 0 Å². The van der Waals surface area contributed by atoms with Crippen LogP contribution in [0.4, 0.5) is 16.2 Å². The van der Waals surface area contributed by atoms with Gasteiger partial charge in [-0.15, -0.1) is 0 Å². The van der Waals surface area contributed by atoms with Crippen LogP contribution in [0.1, 0.15) is 42.3 Å². The molecular weight excluding hydrogens is 460 g/mol. The minimum atomic E-state index is -0.572. The van der Waals surface area contributed by atoms with Gasteiger partial charge in [0.05, 0.1) is 21.3 Å². The van der Waals surface area contributed by atoms with Gasteiger partial charge in [-0.3, -0.25) is 0 Å². The molecule has 0 aliphatic heterocycles. The molecule has 0 heterocycles. The second kappa shape index (κ2) is 11.5. The lowest BCUT2D eigenvalue weighted by Gasteiger charge is -2.19. The van der Waals surface area contributed by atoms with Gasteiger partial charge in [0, 0.05) is 17.4 Å². The summed E-state index contributed by atoms with van der Waals surface area (Å²) in [6.45, 7) is 6.75. The number of ether oxygens (including phenoxy) is 4. The summed E-state index contributed by atoms with van der Waals surface area (Å²) in [5, 5.41) is 5.43. The van der Waals surface area contributed by atoms with E-state index in [0.29, 0.717) is 28.6 Å². The Morgan fingerprint density at radius 2 is 1.33 bits per heavy atom. The summed E-state index contributed by atoms with van der Waals surface area (Å²) in [6.07, 6.45) is 0. The normalized spacial score (nSPS) is 10.8. The van der Waals surface area contributed by atoms with Crippen LogP contribution in [0.2, 0.25) is 0 Å². The molecule has 2 N–H and O–H groups in total. The van der Waals surface area contributed by atoms with Gasteiger partial charge in [-0.05, 0) is 46.9 Å². The lowest BCUT2D eigenvalue weighted by atomic mass is 9.87. The first-order valence-electron chi connectivity index (χ1n) is 11.4. The van der Waals surface area contributed by atoms with E-state index in [1.807, 2.05) is 12.1 Å². The second-order valence-electron chi connectivity index (χ2n) is 9.09. The predicted molar refractivity (Wildman–Crippen MR) is 139 cm³/mol. The van der Waals surface area contributed by atoms with Gasteiger partial charge < -0.3 is 29.6 Å². The number of carbonyl (C=O) groups is 2. The highest BCUT2D eigenvalue weighted by Gasteiger charge is 2.17. The summed E-state index contributed by atoms with van der Waals surface area (Å²) >= 11 is 0. The van der Waals surface area contributed by atoms with Crippen molar-refractivity contribution in [1.29, 1.82) is 0 Å². The molecule has 0 aromatic heterocycles. The fourth-order valence-corrected chi connectivity index (χ4v) is 3.47. The van der Waals surface area contributed by atoms with Gasteiger partial charge in [-0.2, -0.15) is 0 Å². The van der Waals surface area contributed by atoms with E-state index in [0.717, 1.165) is 5.56 Å². The SMILES string of the molecule is COC(=O)c1cc(NC(=O)Nc2ccc(OC)c(OC)c2)ccc1OCc1ccc(C(C)(C)C)cc1. The van der Waals surface area contributed by atoms with Crippen molar-refractivity contribution in [2.24, 2.45) is 0 Å². The third-order valence-electron chi connectivity index (χ3n) is 5.50. The standard InChI is InChI=1S/C28H32N2O6/c1-28(2,3)19-9-7-18(8-10-19)17-36-23-13-11-20(15-22(23)26(31)35-6)29-27(32)30-21-12-14-24(33-4)25(16-21)34-5/h7-16H,17H2,1-6H3,(H2,29,30,32). The zero-order valence-electron chi connectivity index (χ0n) is 21.4. The Bertz CT molecular complexity index is 1220. The summed E-state index contributed by atoms with van der Waals surface area (Å²) in [7, 11) is 4.34. The molecule has 3 aromatic rings. The molecule has 0 bridgehead atoms. The molecule has 3 rings (SSSR count). The molecule has 3 aromatic carbocycles. The number of rotatable bonds is 8. The number of anilines is 2. The van der Waals surface area contributed by atoms with E-state index in [1.54, 1.807) is 30.3 Å². The zero-order chi connectivity index (χ0) is 26.3. The van der Waals surface area contributed by atoms with Crippen LogP contribution >= 0.6 is 0 Å². The molecule has 0 saturated carbocycles. The number of hydrogen-bond acceptors (Lipinski definition) is 6. The smallest absolute Gasteiger partial charge is 0.341 e. The average molecular weight is 493 g/mol. The molecule has 0 radical (unpaired) electrons.